The van der Waals surface area contributed by atoms with Crippen molar-refractivity contribution >= 4 is 5.91 Å². The summed E-state index contributed by atoms with van der Waals surface area (Å²) in [6.45, 7) is 11.6. The Morgan fingerprint density at radius 2 is 1.78 bits per heavy atom. The van der Waals surface area contributed by atoms with Crippen LogP contribution in [-0.2, 0) is 4.79 Å². The molecule has 0 aromatic rings. The maximum absolute atomic E-state index is 11.1. The minimum Gasteiger partial charge on any atom is -0.345 e. The summed E-state index contributed by atoms with van der Waals surface area (Å²) in [5.74, 6) is 4.92. The molecule has 0 radical (unpaired) electrons. The third kappa shape index (κ3) is 6.04. The van der Waals surface area contributed by atoms with Crippen molar-refractivity contribution in [3.8, 4) is 11.8 Å². The van der Waals surface area contributed by atoms with E-state index in [0.717, 1.165) is 32.6 Å². The second-order valence-corrected chi connectivity index (χ2v) is 4.67. The van der Waals surface area contributed by atoms with Crippen LogP contribution in [-0.4, -0.2) is 61.5 Å². The number of carbonyl (C=O) groups is 1. The van der Waals surface area contributed by atoms with Gasteiger partial charge in [-0.2, -0.15) is 0 Å². The first kappa shape index (κ1) is 15.0. The van der Waals surface area contributed by atoms with E-state index in [4.69, 9.17) is 0 Å². The van der Waals surface area contributed by atoms with Gasteiger partial charge in [0, 0.05) is 32.7 Å². The van der Waals surface area contributed by atoms with Crippen LogP contribution in [0.3, 0.4) is 0 Å². The van der Waals surface area contributed by atoms with Gasteiger partial charge in [-0.25, -0.2) is 0 Å². The van der Waals surface area contributed by atoms with Crippen molar-refractivity contribution in [2.24, 2.45) is 0 Å². The fraction of sp³-hybridized carbons (Fsp3) is 0.786. The SMILES string of the molecule is CC#CC(=O)NCCCN1CCN(CCC)CC1. The quantitative estimate of drug-likeness (QED) is 0.553. The zero-order valence-electron chi connectivity index (χ0n) is 11.7. The van der Waals surface area contributed by atoms with Gasteiger partial charge in [-0.1, -0.05) is 12.8 Å². The number of carbonyl (C=O) groups excluding carboxylic acids is 1. The lowest BCUT2D eigenvalue weighted by Gasteiger charge is -2.34. The van der Waals surface area contributed by atoms with E-state index in [1.54, 1.807) is 6.92 Å². The largest absolute Gasteiger partial charge is 0.345 e. The van der Waals surface area contributed by atoms with Gasteiger partial charge in [0.05, 0.1) is 0 Å². The molecule has 102 valence electrons. The molecule has 0 aromatic heterocycles. The van der Waals surface area contributed by atoms with Crippen molar-refractivity contribution < 1.29 is 4.79 Å². The Morgan fingerprint density at radius 3 is 2.33 bits per heavy atom. The van der Waals surface area contributed by atoms with E-state index in [2.05, 4.69) is 33.9 Å². The lowest BCUT2D eigenvalue weighted by Crippen LogP contribution is -2.47. The molecule has 1 rings (SSSR count). The molecule has 0 bridgehead atoms. The van der Waals surface area contributed by atoms with E-state index >= 15 is 0 Å². The zero-order valence-corrected chi connectivity index (χ0v) is 11.7. The molecule has 0 saturated carbocycles. The highest BCUT2D eigenvalue weighted by molar-refractivity contribution is 5.93. The first-order chi connectivity index (χ1) is 8.76. The number of amides is 1. The Hall–Kier alpha value is -1.05. The molecule has 18 heavy (non-hydrogen) atoms. The van der Waals surface area contributed by atoms with E-state index in [1.165, 1.54) is 26.1 Å². The molecule has 1 aliphatic heterocycles. The molecule has 0 aromatic carbocycles. The van der Waals surface area contributed by atoms with Gasteiger partial charge in [0.15, 0.2) is 0 Å². The topological polar surface area (TPSA) is 35.6 Å². The first-order valence-electron chi connectivity index (χ1n) is 6.91. The molecule has 1 aliphatic rings. The summed E-state index contributed by atoms with van der Waals surface area (Å²) >= 11 is 0. The summed E-state index contributed by atoms with van der Waals surface area (Å²) < 4.78 is 0. The lowest BCUT2D eigenvalue weighted by molar-refractivity contribution is -0.115. The van der Waals surface area contributed by atoms with Gasteiger partial charge >= 0.3 is 0 Å². The van der Waals surface area contributed by atoms with Crippen molar-refractivity contribution in [3.63, 3.8) is 0 Å². The summed E-state index contributed by atoms with van der Waals surface area (Å²) in [5, 5.41) is 2.80. The third-order valence-electron chi connectivity index (χ3n) is 3.18. The summed E-state index contributed by atoms with van der Waals surface area (Å²) in [4.78, 5) is 16.1. The molecule has 4 heteroatoms. The van der Waals surface area contributed by atoms with Gasteiger partial charge < -0.3 is 15.1 Å². The van der Waals surface area contributed by atoms with Crippen LogP contribution < -0.4 is 5.32 Å². The van der Waals surface area contributed by atoms with Gasteiger partial charge in [-0.15, -0.1) is 0 Å². The number of rotatable bonds is 6. The van der Waals surface area contributed by atoms with E-state index in [9.17, 15) is 4.79 Å². The number of nitrogens with one attached hydrogen (secondary N) is 1. The maximum Gasteiger partial charge on any atom is 0.295 e. The van der Waals surface area contributed by atoms with Gasteiger partial charge in [0.1, 0.15) is 0 Å². The lowest BCUT2D eigenvalue weighted by atomic mass is 10.2. The summed E-state index contributed by atoms with van der Waals surface area (Å²) in [5.41, 5.74) is 0. The molecule has 0 unspecified atom stereocenters. The Kier molecular flexibility index (Phi) is 7.47. The molecule has 1 N–H and O–H groups in total. The molecule has 1 fully saturated rings. The smallest absolute Gasteiger partial charge is 0.295 e. The molecular formula is C14H25N3O. The van der Waals surface area contributed by atoms with Crippen molar-refractivity contribution in [2.75, 3.05) is 45.8 Å². The number of hydrogen-bond acceptors (Lipinski definition) is 3. The van der Waals surface area contributed by atoms with Gasteiger partial charge in [0.2, 0.25) is 0 Å². The number of piperazine rings is 1. The van der Waals surface area contributed by atoms with Crippen LogP contribution in [0, 0.1) is 11.8 Å². The number of nitrogens with zero attached hydrogens (tertiary/aromatic N) is 2. The molecule has 4 nitrogen and oxygen atoms in total. The molecule has 0 atom stereocenters. The molecule has 1 heterocycles. The van der Waals surface area contributed by atoms with E-state index in [1.807, 2.05) is 0 Å². The van der Waals surface area contributed by atoms with Crippen LogP contribution >= 0.6 is 0 Å². The van der Waals surface area contributed by atoms with E-state index in [-0.39, 0.29) is 5.91 Å². The Morgan fingerprint density at radius 1 is 1.17 bits per heavy atom. The summed E-state index contributed by atoms with van der Waals surface area (Å²) in [6, 6.07) is 0. The van der Waals surface area contributed by atoms with Gasteiger partial charge in [-0.3, -0.25) is 4.79 Å². The Bertz CT molecular complexity index is 298. The second-order valence-electron chi connectivity index (χ2n) is 4.67. The van der Waals surface area contributed by atoms with E-state index < -0.39 is 0 Å². The normalized spacial score (nSPS) is 17.0. The fourth-order valence-corrected chi connectivity index (χ4v) is 2.22. The van der Waals surface area contributed by atoms with Crippen molar-refractivity contribution in [3.05, 3.63) is 0 Å². The second kappa shape index (κ2) is 8.96. The predicted molar refractivity (Wildman–Crippen MR) is 74.2 cm³/mol. The minimum absolute atomic E-state index is 0.162. The monoisotopic (exact) mass is 251 g/mol. The van der Waals surface area contributed by atoms with Crippen molar-refractivity contribution in [2.45, 2.75) is 26.7 Å². The predicted octanol–water partition coefficient (Wildman–Crippen LogP) is 0.544. The molecule has 1 saturated heterocycles. The third-order valence-corrected chi connectivity index (χ3v) is 3.18. The van der Waals surface area contributed by atoms with Gasteiger partial charge in [-0.05, 0) is 38.8 Å². The Balaban J connectivity index is 2.03. The average Bonchev–Trinajstić information content (AvgIpc) is 2.37. The molecule has 0 spiro atoms. The fourth-order valence-electron chi connectivity index (χ4n) is 2.22. The minimum atomic E-state index is -0.162. The van der Waals surface area contributed by atoms with E-state index in [0.29, 0.717) is 0 Å². The Labute approximate surface area is 111 Å². The zero-order chi connectivity index (χ0) is 13.2. The van der Waals surface area contributed by atoms with Crippen LogP contribution in [0.15, 0.2) is 0 Å². The summed E-state index contributed by atoms with van der Waals surface area (Å²) in [6.07, 6.45) is 2.25. The van der Waals surface area contributed by atoms with Gasteiger partial charge in [0.25, 0.3) is 5.91 Å². The van der Waals surface area contributed by atoms with Crippen LogP contribution in [0.4, 0.5) is 0 Å². The average molecular weight is 251 g/mol. The standard InChI is InChI=1S/C14H25N3O/c1-3-6-14(18)15-7-5-9-17-12-10-16(8-4-2)11-13-17/h4-5,7-13H2,1-2H3,(H,15,18). The number of hydrogen-bond donors (Lipinski definition) is 1. The molecular weight excluding hydrogens is 226 g/mol. The highest BCUT2D eigenvalue weighted by atomic mass is 16.1. The van der Waals surface area contributed by atoms with Crippen LogP contribution in [0.2, 0.25) is 0 Å². The maximum atomic E-state index is 11.1. The highest BCUT2D eigenvalue weighted by Crippen LogP contribution is 2.02. The molecule has 0 aliphatic carbocycles. The summed E-state index contributed by atoms with van der Waals surface area (Å²) in [7, 11) is 0. The van der Waals surface area contributed by atoms with Crippen LogP contribution in [0.5, 0.6) is 0 Å². The van der Waals surface area contributed by atoms with Crippen LogP contribution in [0.1, 0.15) is 26.7 Å². The van der Waals surface area contributed by atoms with Crippen molar-refractivity contribution in [1.29, 1.82) is 0 Å². The highest BCUT2D eigenvalue weighted by Gasteiger charge is 2.15. The molecule has 1 amide bonds. The van der Waals surface area contributed by atoms with Crippen molar-refractivity contribution in [1.82, 2.24) is 15.1 Å². The first-order valence-corrected chi connectivity index (χ1v) is 6.91. The van der Waals surface area contributed by atoms with Crippen LogP contribution in [0.25, 0.3) is 0 Å².